The predicted octanol–water partition coefficient (Wildman–Crippen LogP) is 3.27. The van der Waals surface area contributed by atoms with Gasteiger partial charge < -0.3 is 15.2 Å². The highest BCUT2D eigenvalue weighted by Gasteiger charge is 2.29. The van der Waals surface area contributed by atoms with E-state index in [9.17, 15) is 9.59 Å². The van der Waals surface area contributed by atoms with Crippen molar-refractivity contribution in [2.45, 2.75) is 25.3 Å². The molecule has 3 aromatic rings. The summed E-state index contributed by atoms with van der Waals surface area (Å²) in [6.45, 7) is 1.43. The van der Waals surface area contributed by atoms with Crippen LogP contribution in [0.3, 0.4) is 0 Å². The third-order valence-corrected chi connectivity index (χ3v) is 4.87. The number of hydrogen-bond acceptors (Lipinski definition) is 2. The molecule has 1 aliphatic rings. The Morgan fingerprint density at radius 2 is 1.92 bits per heavy atom. The number of carbonyl (C=O) groups excluding carboxylic acids is 2. The predicted molar refractivity (Wildman–Crippen MR) is 102 cm³/mol. The molecule has 0 fully saturated rings. The lowest BCUT2D eigenvalue weighted by molar-refractivity contribution is -0.126. The maximum atomic E-state index is 12.6. The van der Waals surface area contributed by atoms with Crippen molar-refractivity contribution in [1.29, 1.82) is 0 Å². The Morgan fingerprint density at radius 1 is 1.12 bits per heavy atom. The minimum absolute atomic E-state index is 0.0790. The van der Waals surface area contributed by atoms with E-state index in [4.69, 9.17) is 0 Å². The maximum absolute atomic E-state index is 12.6. The van der Waals surface area contributed by atoms with Crippen LogP contribution in [0.2, 0.25) is 0 Å². The van der Waals surface area contributed by atoms with Crippen molar-refractivity contribution in [2.24, 2.45) is 0 Å². The zero-order chi connectivity index (χ0) is 17.9. The van der Waals surface area contributed by atoms with Gasteiger partial charge in [-0.1, -0.05) is 36.4 Å². The van der Waals surface area contributed by atoms with Gasteiger partial charge in [-0.3, -0.25) is 9.59 Å². The third-order valence-electron chi connectivity index (χ3n) is 4.87. The van der Waals surface area contributed by atoms with Crippen LogP contribution in [-0.4, -0.2) is 22.9 Å². The minimum Gasteiger partial charge on any atom is -0.355 e. The maximum Gasteiger partial charge on any atom is 0.228 e. The first-order valence-corrected chi connectivity index (χ1v) is 8.93. The molecule has 2 amide bonds. The standard InChI is InChI=1S/C21H21N3O2/c25-20-14-17(16-7-2-3-8-18(16)23-20)21(26)22-11-5-12-24-13-10-15-6-1-4-9-19(15)24/h1-4,6-10,13,17H,5,11-12,14H2,(H,22,26)(H,23,25). The summed E-state index contributed by atoms with van der Waals surface area (Å²) < 4.78 is 2.20. The fourth-order valence-electron chi connectivity index (χ4n) is 3.57. The van der Waals surface area contributed by atoms with Gasteiger partial charge in [-0.2, -0.15) is 0 Å². The number of nitrogens with one attached hydrogen (secondary N) is 2. The molecular formula is C21H21N3O2. The Hall–Kier alpha value is -3.08. The van der Waals surface area contributed by atoms with Crippen LogP contribution in [0.1, 0.15) is 24.3 Å². The highest BCUT2D eigenvalue weighted by atomic mass is 16.2. The summed E-state index contributed by atoms with van der Waals surface area (Å²) in [6, 6.07) is 17.9. The molecule has 2 aromatic carbocycles. The summed E-state index contributed by atoms with van der Waals surface area (Å²) in [5, 5.41) is 7.04. The molecule has 0 saturated heterocycles. The Labute approximate surface area is 152 Å². The first kappa shape index (κ1) is 16.4. The van der Waals surface area contributed by atoms with E-state index in [1.165, 1.54) is 10.9 Å². The van der Waals surface area contributed by atoms with Crippen molar-refractivity contribution in [1.82, 2.24) is 9.88 Å². The number of aromatic nitrogens is 1. The molecule has 1 atom stereocenters. The SMILES string of the molecule is O=C1CC(C(=O)NCCCn2ccc3ccccc32)c2ccccc2N1. The largest absolute Gasteiger partial charge is 0.355 e. The minimum atomic E-state index is -0.410. The number of fused-ring (bicyclic) bond motifs is 2. The quantitative estimate of drug-likeness (QED) is 0.696. The lowest BCUT2D eigenvalue weighted by Crippen LogP contribution is -2.35. The van der Waals surface area contributed by atoms with E-state index in [0.717, 1.165) is 24.2 Å². The van der Waals surface area contributed by atoms with Gasteiger partial charge in [0.1, 0.15) is 0 Å². The number of rotatable bonds is 5. The van der Waals surface area contributed by atoms with Crippen molar-refractivity contribution in [2.75, 3.05) is 11.9 Å². The van der Waals surface area contributed by atoms with Gasteiger partial charge in [-0.05, 0) is 35.6 Å². The monoisotopic (exact) mass is 347 g/mol. The van der Waals surface area contributed by atoms with Gasteiger partial charge >= 0.3 is 0 Å². The summed E-state index contributed by atoms with van der Waals surface area (Å²) in [7, 11) is 0. The zero-order valence-corrected chi connectivity index (χ0v) is 14.4. The first-order chi connectivity index (χ1) is 12.7. The highest BCUT2D eigenvalue weighted by Crippen LogP contribution is 2.31. The molecular weight excluding hydrogens is 326 g/mol. The van der Waals surface area contributed by atoms with Crippen LogP contribution in [-0.2, 0) is 16.1 Å². The normalized spacial score (nSPS) is 16.2. The van der Waals surface area contributed by atoms with E-state index in [0.29, 0.717) is 6.54 Å². The summed E-state index contributed by atoms with van der Waals surface area (Å²) in [5.41, 5.74) is 2.83. The van der Waals surface area contributed by atoms with Gasteiger partial charge in [0.15, 0.2) is 0 Å². The van der Waals surface area contributed by atoms with E-state index in [2.05, 4.69) is 39.6 Å². The molecule has 1 aliphatic heterocycles. The molecule has 5 nitrogen and oxygen atoms in total. The molecule has 0 aliphatic carbocycles. The fraction of sp³-hybridized carbons (Fsp3) is 0.238. The zero-order valence-electron chi connectivity index (χ0n) is 14.4. The average Bonchev–Trinajstić information content (AvgIpc) is 3.07. The van der Waals surface area contributed by atoms with Gasteiger partial charge in [-0.25, -0.2) is 0 Å². The van der Waals surface area contributed by atoms with Gasteiger partial charge in [0.2, 0.25) is 11.8 Å². The third kappa shape index (κ3) is 3.20. The van der Waals surface area contributed by atoms with Crippen molar-refractivity contribution in [3.05, 3.63) is 66.4 Å². The van der Waals surface area contributed by atoms with E-state index >= 15 is 0 Å². The second-order valence-electron chi connectivity index (χ2n) is 6.60. The molecule has 1 unspecified atom stereocenters. The van der Waals surface area contributed by atoms with Crippen molar-refractivity contribution < 1.29 is 9.59 Å². The van der Waals surface area contributed by atoms with Crippen LogP contribution in [0, 0.1) is 0 Å². The second kappa shape index (κ2) is 7.04. The summed E-state index contributed by atoms with van der Waals surface area (Å²) in [4.78, 5) is 24.4. The number of carbonyl (C=O) groups is 2. The van der Waals surface area contributed by atoms with Crippen molar-refractivity contribution >= 4 is 28.4 Å². The second-order valence-corrected chi connectivity index (χ2v) is 6.60. The van der Waals surface area contributed by atoms with Crippen LogP contribution in [0.25, 0.3) is 10.9 Å². The number of amides is 2. The highest BCUT2D eigenvalue weighted by molar-refractivity contribution is 6.01. The van der Waals surface area contributed by atoms with Gasteiger partial charge in [0, 0.05) is 36.9 Å². The molecule has 1 aromatic heterocycles. The van der Waals surface area contributed by atoms with Crippen LogP contribution in [0.15, 0.2) is 60.8 Å². The van der Waals surface area contributed by atoms with Crippen LogP contribution >= 0.6 is 0 Å². The molecule has 0 saturated carbocycles. The van der Waals surface area contributed by atoms with E-state index in [1.54, 1.807) is 0 Å². The molecule has 2 heterocycles. The number of aryl methyl sites for hydroxylation is 1. The van der Waals surface area contributed by atoms with Crippen molar-refractivity contribution in [3.63, 3.8) is 0 Å². The Kier molecular flexibility index (Phi) is 4.44. The van der Waals surface area contributed by atoms with E-state index < -0.39 is 5.92 Å². The van der Waals surface area contributed by atoms with Gasteiger partial charge in [-0.15, -0.1) is 0 Å². The Morgan fingerprint density at radius 3 is 2.85 bits per heavy atom. The first-order valence-electron chi connectivity index (χ1n) is 8.93. The molecule has 26 heavy (non-hydrogen) atoms. The van der Waals surface area contributed by atoms with Crippen LogP contribution < -0.4 is 10.6 Å². The number of nitrogens with zero attached hydrogens (tertiary/aromatic N) is 1. The lowest BCUT2D eigenvalue weighted by atomic mass is 9.90. The van der Waals surface area contributed by atoms with E-state index in [-0.39, 0.29) is 18.2 Å². The Bertz CT molecular complexity index is 961. The van der Waals surface area contributed by atoms with Gasteiger partial charge in [0.25, 0.3) is 0 Å². The van der Waals surface area contributed by atoms with Crippen LogP contribution in [0.4, 0.5) is 5.69 Å². The molecule has 5 heteroatoms. The number of para-hydroxylation sites is 2. The molecule has 0 spiro atoms. The molecule has 0 bridgehead atoms. The lowest BCUT2D eigenvalue weighted by Gasteiger charge is -2.24. The van der Waals surface area contributed by atoms with Crippen LogP contribution in [0.5, 0.6) is 0 Å². The average molecular weight is 347 g/mol. The van der Waals surface area contributed by atoms with Gasteiger partial charge in [0.05, 0.1) is 5.92 Å². The number of hydrogen-bond donors (Lipinski definition) is 2. The number of benzene rings is 2. The number of anilines is 1. The molecule has 0 radical (unpaired) electrons. The fourth-order valence-corrected chi connectivity index (χ4v) is 3.57. The van der Waals surface area contributed by atoms with Crippen molar-refractivity contribution in [3.8, 4) is 0 Å². The molecule has 4 rings (SSSR count). The smallest absolute Gasteiger partial charge is 0.228 e. The molecule has 2 N–H and O–H groups in total. The summed E-state index contributed by atoms with van der Waals surface area (Å²) in [5.74, 6) is -0.598. The summed E-state index contributed by atoms with van der Waals surface area (Å²) in [6.07, 6.45) is 3.12. The topological polar surface area (TPSA) is 63.1 Å². The summed E-state index contributed by atoms with van der Waals surface area (Å²) >= 11 is 0. The van der Waals surface area contributed by atoms with E-state index in [1.807, 2.05) is 36.4 Å². The Balaban J connectivity index is 1.35. The molecule has 132 valence electrons.